The molecule has 5 rings (SSSR count). The summed E-state index contributed by atoms with van der Waals surface area (Å²) in [7, 11) is 0. The number of aromatic amines is 1. The van der Waals surface area contributed by atoms with E-state index in [0.717, 1.165) is 29.6 Å². The van der Waals surface area contributed by atoms with E-state index in [-0.39, 0.29) is 17.6 Å². The molecule has 3 fully saturated rings. The van der Waals surface area contributed by atoms with Crippen molar-refractivity contribution < 1.29 is 9.18 Å². The largest absolute Gasteiger partial charge is 0.356 e. The van der Waals surface area contributed by atoms with Gasteiger partial charge in [0.15, 0.2) is 5.82 Å². The smallest absolute Gasteiger partial charge is 0.223 e. The van der Waals surface area contributed by atoms with Gasteiger partial charge in [-0.15, -0.1) is 0 Å². The van der Waals surface area contributed by atoms with Gasteiger partial charge < -0.3 is 10.3 Å². The molecule has 3 aliphatic rings. The van der Waals surface area contributed by atoms with Gasteiger partial charge in [0.1, 0.15) is 11.3 Å². The number of H-pyrrole nitrogens is 1. The van der Waals surface area contributed by atoms with Crippen LogP contribution in [-0.4, -0.2) is 22.4 Å². The number of hydrogen-bond acceptors (Lipinski definition) is 2. The summed E-state index contributed by atoms with van der Waals surface area (Å²) in [4.78, 5) is 19.5. The average Bonchev–Trinajstić information content (AvgIpc) is 3.52. The maximum absolute atomic E-state index is 14.9. The van der Waals surface area contributed by atoms with Crippen molar-refractivity contribution >= 4 is 23.0 Å². The number of benzene rings is 1. The molecule has 1 atom stereocenters. The molecule has 1 saturated heterocycles. The van der Waals surface area contributed by atoms with E-state index >= 15 is 0 Å². The highest BCUT2D eigenvalue weighted by Gasteiger charge is 2.36. The minimum absolute atomic E-state index is 0.0312. The summed E-state index contributed by atoms with van der Waals surface area (Å²) >= 11 is 0. The van der Waals surface area contributed by atoms with Crippen LogP contribution in [0.25, 0.3) is 17.1 Å². The van der Waals surface area contributed by atoms with E-state index in [1.54, 1.807) is 6.07 Å². The van der Waals surface area contributed by atoms with Crippen molar-refractivity contribution in [1.29, 1.82) is 0 Å². The van der Waals surface area contributed by atoms with Crippen molar-refractivity contribution in [2.24, 2.45) is 17.8 Å². The van der Waals surface area contributed by atoms with E-state index in [9.17, 15) is 9.18 Å². The summed E-state index contributed by atoms with van der Waals surface area (Å²) in [6.07, 6.45) is 8.50. The van der Waals surface area contributed by atoms with Crippen LogP contribution in [-0.2, 0) is 11.2 Å². The zero-order valence-corrected chi connectivity index (χ0v) is 14.1. The Labute approximate surface area is 145 Å². The molecular formula is C20H22FN3O. The Morgan fingerprint density at radius 3 is 2.60 bits per heavy atom. The number of halogens is 1. The van der Waals surface area contributed by atoms with Gasteiger partial charge in [0, 0.05) is 12.5 Å². The maximum Gasteiger partial charge on any atom is 0.223 e. The lowest BCUT2D eigenvalue weighted by Crippen LogP contribution is -2.20. The number of imidazole rings is 1. The van der Waals surface area contributed by atoms with E-state index in [2.05, 4.69) is 21.4 Å². The molecule has 1 aromatic heterocycles. The van der Waals surface area contributed by atoms with Crippen LogP contribution >= 0.6 is 0 Å². The third kappa shape index (κ3) is 2.86. The van der Waals surface area contributed by atoms with Crippen LogP contribution in [0, 0.1) is 23.6 Å². The summed E-state index contributed by atoms with van der Waals surface area (Å²) in [6.45, 7) is 0.690. The number of hydrogen-bond donors (Lipinski definition) is 2. The molecule has 0 radical (unpaired) electrons. The Kier molecular flexibility index (Phi) is 3.43. The number of allylic oxidation sites excluding steroid dienone is 1. The molecule has 2 saturated carbocycles. The van der Waals surface area contributed by atoms with Crippen LogP contribution < -0.4 is 5.32 Å². The first-order valence-corrected chi connectivity index (χ1v) is 9.35. The molecule has 1 aliphatic heterocycles. The molecule has 2 N–H and O–H groups in total. The Balaban J connectivity index is 1.46. The fraction of sp³-hybridized carbons (Fsp3) is 0.500. The standard InChI is InChI=1S/C20H22FN3O/c21-18-13(9-14-7-8-22-20(14)25)5-6-16-19(18)24-17(23-16)10-15(11-1-2-11)12-3-4-12/h5-6,10-12,14H,1-4,7-9H2,(H,22,25)(H,23,24). The molecule has 0 spiro atoms. The highest BCUT2D eigenvalue weighted by molar-refractivity contribution is 5.82. The SMILES string of the molecule is O=C1NCCC1Cc1ccc2[nH]c(C=C(C3CC3)C3CC3)nc2c1F. The number of aromatic nitrogens is 2. The minimum Gasteiger partial charge on any atom is -0.356 e. The molecule has 4 nitrogen and oxygen atoms in total. The van der Waals surface area contributed by atoms with E-state index in [4.69, 9.17) is 0 Å². The van der Waals surface area contributed by atoms with Crippen molar-refractivity contribution in [1.82, 2.24) is 15.3 Å². The highest BCUT2D eigenvalue weighted by Crippen LogP contribution is 2.49. The molecule has 1 aromatic carbocycles. The second-order valence-electron chi connectivity index (χ2n) is 7.73. The Hall–Kier alpha value is -2.17. The van der Waals surface area contributed by atoms with E-state index in [1.165, 1.54) is 31.3 Å². The van der Waals surface area contributed by atoms with Gasteiger partial charge in [-0.2, -0.15) is 0 Å². The number of rotatable bonds is 5. The van der Waals surface area contributed by atoms with Crippen molar-refractivity contribution in [3.8, 4) is 0 Å². The van der Waals surface area contributed by atoms with Crippen molar-refractivity contribution in [3.05, 3.63) is 34.9 Å². The molecule has 2 heterocycles. The number of amides is 1. The van der Waals surface area contributed by atoms with E-state index < -0.39 is 0 Å². The second kappa shape index (κ2) is 5.68. The Morgan fingerprint density at radius 1 is 1.20 bits per heavy atom. The number of carbonyl (C=O) groups is 1. The molecule has 130 valence electrons. The van der Waals surface area contributed by atoms with Crippen LogP contribution in [0.4, 0.5) is 4.39 Å². The van der Waals surface area contributed by atoms with Crippen LogP contribution in [0.5, 0.6) is 0 Å². The zero-order chi connectivity index (χ0) is 17.0. The normalized spacial score (nSPS) is 23.1. The summed E-state index contributed by atoms with van der Waals surface area (Å²) in [5.74, 6) is 1.83. The van der Waals surface area contributed by atoms with Gasteiger partial charge in [-0.3, -0.25) is 4.79 Å². The van der Waals surface area contributed by atoms with Gasteiger partial charge in [0.25, 0.3) is 0 Å². The number of nitrogens with one attached hydrogen (secondary N) is 2. The molecule has 25 heavy (non-hydrogen) atoms. The van der Waals surface area contributed by atoms with Crippen LogP contribution in [0.1, 0.15) is 43.5 Å². The predicted molar refractivity (Wildman–Crippen MR) is 94.3 cm³/mol. The Bertz CT molecular complexity index is 862. The van der Waals surface area contributed by atoms with Gasteiger partial charge in [-0.1, -0.05) is 11.6 Å². The lowest BCUT2D eigenvalue weighted by atomic mass is 9.97. The maximum atomic E-state index is 14.9. The van der Waals surface area contributed by atoms with Gasteiger partial charge >= 0.3 is 0 Å². The monoisotopic (exact) mass is 339 g/mol. The molecule has 2 aromatic rings. The minimum atomic E-state index is -0.285. The fourth-order valence-corrected chi connectivity index (χ4v) is 3.99. The second-order valence-corrected chi connectivity index (χ2v) is 7.73. The lowest BCUT2D eigenvalue weighted by molar-refractivity contribution is -0.122. The first-order valence-electron chi connectivity index (χ1n) is 9.35. The Morgan fingerprint density at radius 2 is 1.96 bits per heavy atom. The number of nitrogens with zero attached hydrogens (tertiary/aromatic N) is 1. The first kappa shape index (κ1) is 15.1. The van der Waals surface area contributed by atoms with E-state index in [0.29, 0.717) is 24.0 Å². The van der Waals surface area contributed by atoms with Gasteiger partial charge in [-0.25, -0.2) is 9.37 Å². The van der Waals surface area contributed by atoms with Crippen LogP contribution in [0.15, 0.2) is 17.7 Å². The van der Waals surface area contributed by atoms with Crippen LogP contribution in [0.2, 0.25) is 0 Å². The van der Waals surface area contributed by atoms with Crippen molar-refractivity contribution in [3.63, 3.8) is 0 Å². The van der Waals surface area contributed by atoms with Crippen LogP contribution in [0.3, 0.4) is 0 Å². The number of carbonyl (C=O) groups excluding carboxylic acids is 1. The lowest BCUT2D eigenvalue weighted by Gasteiger charge is -2.07. The summed E-state index contributed by atoms with van der Waals surface area (Å²) in [5, 5.41) is 2.81. The quantitative estimate of drug-likeness (QED) is 0.875. The summed E-state index contributed by atoms with van der Waals surface area (Å²) in [6, 6.07) is 3.68. The predicted octanol–water partition coefficient (Wildman–Crippen LogP) is 3.58. The molecule has 2 aliphatic carbocycles. The summed E-state index contributed by atoms with van der Waals surface area (Å²) in [5.41, 5.74) is 3.21. The van der Waals surface area contributed by atoms with Gasteiger partial charge in [-0.05, 0) is 68.1 Å². The van der Waals surface area contributed by atoms with Crippen molar-refractivity contribution in [2.45, 2.75) is 38.5 Å². The van der Waals surface area contributed by atoms with Gasteiger partial charge in [0.2, 0.25) is 5.91 Å². The molecular weight excluding hydrogens is 317 g/mol. The van der Waals surface area contributed by atoms with Gasteiger partial charge in [0.05, 0.1) is 5.52 Å². The molecule has 1 unspecified atom stereocenters. The highest BCUT2D eigenvalue weighted by atomic mass is 19.1. The number of fused-ring (bicyclic) bond motifs is 1. The van der Waals surface area contributed by atoms with E-state index in [1.807, 2.05) is 6.07 Å². The molecule has 5 heteroatoms. The summed E-state index contributed by atoms with van der Waals surface area (Å²) < 4.78 is 14.9. The third-order valence-corrected chi connectivity index (χ3v) is 5.72. The zero-order valence-electron chi connectivity index (χ0n) is 14.1. The third-order valence-electron chi connectivity index (χ3n) is 5.72. The fourth-order valence-electron chi connectivity index (χ4n) is 3.99. The average molecular weight is 339 g/mol. The topological polar surface area (TPSA) is 57.8 Å². The molecule has 1 amide bonds. The van der Waals surface area contributed by atoms with Crippen molar-refractivity contribution in [2.75, 3.05) is 6.54 Å². The first-order chi connectivity index (χ1) is 12.2. The molecule has 0 bridgehead atoms.